The number of nitrogens with two attached hydrogens (primary N) is 1. The van der Waals surface area contributed by atoms with Gasteiger partial charge >= 0.3 is 0 Å². The lowest BCUT2D eigenvalue weighted by molar-refractivity contribution is 0.0947. The highest BCUT2D eigenvalue weighted by molar-refractivity contribution is 6.52. The minimum atomic E-state index is -0.536. The largest absolute Gasteiger partial charge is 0.366 e. The first-order valence-corrected chi connectivity index (χ1v) is 8.19. The standard InChI is InChI=1S/C15H11Cl4N3O2/c16-9-10(17)12(22-13(19)11(9)18)15(24)21-5-4-7-2-1-3-8(6-7)14(20)23/h1-3,6H,4-5H2,(H2,20,23)(H,21,24). The van der Waals surface area contributed by atoms with Crippen molar-refractivity contribution in [1.29, 1.82) is 0 Å². The van der Waals surface area contributed by atoms with Gasteiger partial charge in [0, 0.05) is 12.1 Å². The Morgan fingerprint density at radius 3 is 2.46 bits per heavy atom. The zero-order valence-electron chi connectivity index (χ0n) is 12.1. The number of primary amides is 1. The van der Waals surface area contributed by atoms with Gasteiger partial charge in [0.25, 0.3) is 5.91 Å². The Labute approximate surface area is 158 Å². The topological polar surface area (TPSA) is 85.1 Å². The molecule has 3 N–H and O–H groups in total. The van der Waals surface area contributed by atoms with Crippen LogP contribution in [0.15, 0.2) is 24.3 Å². The van der Waals surface area contributed by atoms with E-state index >= 15 is 0 Å². The molecule has 0 aliphatic rings. The van der Waals surface area contributed by atoms with Crippen LogP contribution >= 0.6 is 46.4 Å². The second kappa shape index (κ2) is 8.03. The number of halogens is 4. The van der Waals surface area contributed by atoms with E-state index in [0.29, 0.717) is 12.0 Å². The molecule has 24 heavy (non-hydrogen) atoms. The molecule has 0 saturated carbocycles. The van der Waals surface area contributed by atoms with E-state index in [9.17, 15) is 9.59 Å². The van der Waals surface area contributed by atoms with Gasteiger partial charge in [-0.25, -0.2) is 4.98 Å². The van der Waals surface area contributed by atoms with Crippen LogP contribution in [-0.4, -0.2) is 23.3 Å². The molecule has 0 aliphatic carbocycles. The van der Waals surface area contributed by atoms with Gasteiger partial charge in [-0.3, -0.25) is 9.59 Å². The number of pyridine rings is 1. The molecular weight excluding hydrogens is 396 g/mol. The number of aromatic nitrogens is 1. The van der Waals surface area contributed by atoms with Crippen molar-refractivity contribution in [2.24, 2.45) is 5.73 Å². The molecule has 0 radical (unpaired) electrons. The fourth-order valence-corrected chi connectivity index (χ4v) is 2.74. The molecule has 1 aromatic heterocycles. The smallest absolute Gasteiger partial charge is 0.271 e. The summed E-state index contributed by atoms with van der Waals surface area (Å²) < 4.78 is 0. The second-order valence-electron chi connectivity index (χ2n) is 4.76. The average Bonchev–Trinajstić information content (AvgIpc) is 2.56. The molecular formula is C15H11Cl4N3O2. The van der Waals surface area contributed by atoms with Crippen LogP contribution in [0.4, 0.5) is 0 Å². The van der Waals surface area contributed by atoms with E-state index < -0.39 is 11.8 Å². The molecule has 1 aromatic carbocycles. The van der Waals surface area contributed by atoms with Crippen LogP contribution in [0.5, 0.6) is 0 Å². The number of carbonyl (C=O) groups is 2. The molecule has 0 atom stereocenters. The monoisotopic (exact) mass is 405 g/mol. The summed E-state index contributed by atoms with van der Waals surface area (Å²) in [6.45, 7) is 0.289. The Hall–Kier alpha value is -1.53. The summed E-state index contributed by atoms with van der Waals surface area (Å²) in [5.41, 5.74) is 6.36. The molecule has 0 aliphatic heterocycles. The second-order valence-corrected chi connectivity index (χ2v) is 6.26. The third-order valence-electron chi connectivity index (χ3n) is 3.11. The van der Waals surface area contributed by atoms with E-state index in [1.54, 1.807) is 18.2 Å². The quantitative estimate of drug-likeness (QED) is 0.741. The molecule has 126 valence electrons. The Bertz CT molecular complexity index is 812. The summed E-state index contributed by atoms with van der Waals surface area (Å²) in [5, 5.41) is 2.43. The predicted octanol–water partition coefficient (Wildman–Crippen LogP) is 3.77. The van der Waals surface area contributed by atoms with Crippen LogP contribution in [0, 0.1) is 0 Å². The van der Waals surface area contributed by atoms with E-state index in [1.165, 1.54) is 0 Å². The minimum Gasteiger partial charge on any atom is -0.366 e. The molecule has 0 saturated heterocycles. The first-order valence-electron chi connectivity index (χ1n) is 6.68. The van der Waals surface area contributed by atoms with Crippen LogP contribution in [0.3, 0.4) is 0 Å². The summed E-state index contributed by atoms with van der Waals surface area (Å²) in [5.74, 6) is -1.05. The van der Waals surface area contributed by atoms with E-state index in [2.05, 4.69) is 10.3 Å². The number of rotatable bonds is 5. The van der Waals surface area contributed by atoms with Crippen LogP contribution in [0.2, 0.25) is 20.2 Å². The Morgan fingerprint density at radius 2 is 1.79 bits per heavy atom. The van der Waals surface area contributed by atoms with Crippen molar-refractivity contribution in [2.45, 2.75) is 6.42 Å². The molecule has 2 rings (SSSR count). The highest BCUT2D eigenvalue weighted by Gasteiger charge is 2.19. The zero-order chi connectivity index (χ0) is 17.9. The Morgan fingerprint density at radius 1 is 1.08 bits per heavy atom. The van der Waals surface area contributed by atoms with E-state index in [-0.39, 0.29) is 32.5 Å². The molecule has 0 fully saturated rings. The summed E-state index contributed by atoms with van der Waals surface area (Å²) in [6.07, 6.45) is 0.486. The van der Waals surface area contributed by atoms with Crippen molar-refractivity contribution in [1.82, 2.24) is 10.3 Å². The molecule has 9 heteroatoms. The highest BCUT2D eigenvalue weighted by atomic mass is 35.5. The van der Waals surface area contributed by atoms with Crippen molar-refractivity contribution in [2.75, 3.05) is 6.54 Å². The number of benzene rings is 1. The molecule has 0 spiro atoms. The third kappa shape index (κ3) is 4.30. The summed E-state index contributed by atoms with van der Waals surface area (Å²) >= 11 is 23.5. The maximum absolute atomic E-state index is 12.2. The number of carbonyl (C=O) groups excluding carboxylic acids is 2. The zero-order valence-corrected chi connectivity index (χ0v) is 15.1. The van der Waals surface area contributed by atoms with Crippen LogP contribution < -0.4 is 11.1 Å². The van der Waals surface area contributed by atoms with Crippen molar-refractivity contribution < 1.29 is 9.59 Å². The normalized spacial score (nSPS) is 10.5. The van der Waals surface area contributed by atoms with Crippen LogP contribution in [0.1, 0.15) is 26.4 Å². The van der Waals surface area contributed by atoms with Gasteiger partial charge in [0.05, 0.1) is 15.1 Å². The molecule has 0 bridgehead atoms. The van der Waals surface area contributed by atoms with Gasteiger partial charge in [-0.2, -0.15) is 0 Å². The van der Waals surface area contributed by atoms with Crippen LogP contribution in [-0.2, 0) is 6.42 Å². The average molecular weight is 407 g/mol. The molecule has 1 heterocycles. The maximum Gasteiger partial charge on any atom is 0.271 e. The Kier molecular flexibility index (Phi) is 6.29. The van der Waals surface area contributed by atoms with Crippen molar-refractivity contribution in [3.8, 4) is 0 Å². The van der Waals surface area contributed by atoms with E-state index in [0.717, 1.165) is 5.56 Å². The first-order chi connectivity index (χ1) is 11.3. The van der Waals surface area contributed by atoms with Gasteiger partial charge in [-0.05, 0) is 24.1 Å². The summed E-state index contributed by atoms with van der Waals surface area (Å²) in [6, 6.07) is 6.82. The van der Waals surface area contributed by atoms with E-state index in [1.807, 2.05) is 6.07 Å². The van der Waals surface area contributed by atoms with Gasteiger partial charge in [0.15, 0.2) is 0 Å². The number of hydrogen-bond donors (Lipinski definition) is 2. The highest BCUT2D eigenvalue weighted by Crippen LogP contribution is 2.35. The first kappa shape index (κ1) is 18.8. The fraction of sp³-hybridized carbons (Fsp3) is 0.133. The van der Waals surface area contributed by atoms with Crippen LogP contribution in [0.25, 0.3) is 0 Å². The lowest BCUT2D eigenvalue weighted by atomic mass is 10.1. The number of amides is 2. The molecule has 2 aromatic rings. The Balaban J connectivity index is 2.04. The van der Waals surface area contributed by atoms with Gasteiger partial charge < -0.3 is 11.1 Å². The van der Waals surface area contributed by atoms with Crippen molar-refractivity contribution in [3.63, 3.8) is 0 Å². The fourth-order valence-electron chi connectivity index (χ4n) is 1.92. The maximum atomic E-state index is 12.2. The number of nitrogens with one attached hydrogen (secondary N) is 1. The molecule has 2 amide bonds. The van der Waals surface area contributed by atoms with Crippen molar-refractivity contribution in [3.05, 3.63) is 61.3 Å². The lowest BCUT2D eigenvalue weighted by Gasteiger charge is -2.09. The van der Waals surface area contributed by atoms with Gasteiger partial charge in [0.2, 0.25) is 5.91 Å². The van der Waals surface area contributed by atoms with Gasteiger partial charge in [0.1, 0.15) is 10.8 Å². The third-order valence-corrected chi connectivity index (χ3v) is 4.79. The molecule has 0 unspecified atom stereocenters. The van der Waals surface area contributed by atoms with E-state index in [4.69, 9.17) is 52.1 Å². The number of hydrogen-bond acceptors (Lipinski definition) is 3. The van der Waals surface area contributed by atoms with Gasteiger partial charge in [-0.1, -0.05) is 58.5 Å². The minimum absolute atomic E-state index is 0.0110. The molecule has 5 nitrogen and oxygen atoms in total. The lowest BCUT2D eigenvalue weighted by Crippen LogP contribution is -2.27. The predicted molar refractivity (Wildman–Crippen MR) is 95.3 cm³/mol. The SMILES string of the molecule is NC(=O)c1cccc(CCNC(=O)c2nc(Cl)c(Cl)c(Cl)c2Cl)c1. The van der Waals surface area contributed by atoms with Gasteiger partial charge in [-0.15, -0.1) is 0 Å². The summed E-state index contributed by atoms with van der Waals surface area (Å²) in [7, 11) is 0. The summed E-state index contributed by atoms with van der Waals surface area (Å²) in [4.78, 5) is 27.1. The van der Waals surface area contributed by atoms with Crippen molar-refractivity contribution >= 4 is 58.2 Å². The number of nitrogens with zero attached hydrogens (tertiary/aromatic N) is 1.